The van der Waals surface area contributed by atoms with Gasteiger partial charge in [0.1, 0.15) is 6.04 Å². The van der Waals surface area contributed by atoms with Crippen molar-refractivity contribution in [2.75, 3.05) is 6.79 Å². The molecule has 0 aliphatic carbocycles. The fourth-order valence-electron chi connectivity index (χ4n) is 2.80. The van der Waals surface area contributed by atoms with Gasteiger partial charge in [0.15, 0.2) is 11.5 Å². The third-order valence-corrected chi connectivity index (χ3v) is 5.92. The molecular formula is C20H24N2O5S. The molecule has 1 amide bonds. The van der Waals surface area contributed by atoms with Crippen molar-refractivity contribution in [3.05, 3.63) is 53.6 Å². The van der Waals surface area contributed by atoms with Gasteiger partial charge in [-0.05, 0) is 42.7 Å². The highest BCUT2D eigenvalue weighted by Crippen LogP contribution is 2.32. The first-order chi connectivity index (χ1) is 13.3. The zero-order chi connectivity index (χ0) is 20.3. The Kier molecular flexibility index (Phi) is 5.90. The zero-order valence-corrected chi connectivity index (χ0v) is 16.9. The van der Waals surface area contributed by atoms with Crippen LogP contribution in [-0.4, -0.2) is 27.2 Å². The number of hydrogen-bond donors (Lipinski definition) is 2. The Balaban J connectivity index is 1.67. The highest BCUT2D eigenvalue weighted by atomic mass is 32.2. The lowest BCUT2D eigenvalue weighted by atomic mass is 10.0. The number of benzene rings is 2. The lowest BCUT2D eigenvalue weighted by molar-refractivity contribution is -0.123. The summed E-state index contributed by atoms with van der Waals surface area (Å²) >= 11 is 0. The molecule has 0 fully saturated rings. The highest BCUT2D eigenvalue weighted by Gasteiger charge is 2.28. The minimum atomic E-state index is -3.80. The van der Waals surface area contributed by atoms with Gasteiger partial charge < -0.3 is 14.8 Å². The Morgan fingerprint density at radius 1 is 1.07 bits per heavy atom. The van der Waals surface area contributed by atoms with Gasteiger partial charge in [0.25, 0.3) is 0 Å². The molecule has 0 aromatic heterocycles. The normalized spacial score (nSPS) is 14.1. The molecule has 2 aromatic carbocycles. The van der Waals surface area contributed by atoms with Crippen LogP contribution in [0.2, 0.25) is 0 Å². The van der Waals surface area contributed by atoms with E-state index in [1.165, 1.54) is 12.1 Å². The maximum atomic E-state index is 12.7. The number of rotatable bonds is 7. The summed E-state index contributed by atoms with van der Waals surface area (Å²) in [5, 5.41) is 2.79. The fraction of sp³-hybridized carbons (Fsp3) is 0.350. The summed E-state index contributed by atoms with van der Waals surface area (Å²) < 4.78 is 38.4. The zero-order valence-electron chi connectivity index (χ0n) is 16.1. The monoisotopic (exact) mass is 404 g/mol. The summed E-state index contributed by atoms with van der Waals surface area (Å²) in [5.74, 6) is 0.688. The van der Waals surface area contributed by atoms with E-state index >= 15 is 0 Å². The van der Waals surface area contributed by atoms with E-state index in [0.29, 0.717) is 11.5 Å². The Morgan fingerprint density at radius 2 is 1.75 bits per heavy atom. The molecule has 3 rings (SSSR count). The van der Waals surface area contributed by atoms with Gasteiger partial charge in [-0.15, -0.1) is 0 Å². The van der Waals surface area contributed by atoms with Gasteiger partial charge in [0.05, 0.1) is 4.90 Å². The van der Waals surface area contributed by atoms with E-state index in [4.69, 9.17) is 9.47 Å². The summed E-state index contributed by atoms with van der Waals surface area (Å²) in [7, 11) is -3.80. The highest BCUT2D eigenvalue weighted by molar-refractivity contribution is 7.89. The molecule has 0 radical (unpaired) electrons. The Labute approximate surface area is 165 Å². The number of carbonyl (C=O) groups is 1. The Hall–Kier alpha value is -2.58. The van der Waals surface area contributed by atoms with Gasteiger partial charge in [-0.3, -0.25) is 4.79 Å². The second-order valence-corrected chi connectivity index (χ2v) is 8.78. The SMILES string of the molecule is Cc1ccc(S(=O)(=O)NC(C(=O)NCc2ccc3c(c2)OCO3)C(C)C)cc1. The Morgan fingerprint density at radius 3 is 2.43 bits per heavy atom. The number of ether oxygens (including phenoxy) is 2. The summed E-state index contributed by atoms with van der Waals surface area (Å²) in [6.07, 6.45) is 0. The van der Waals surface area contributed by atoms with Crippen LogP contribution in [0.5, 0.6) is 11.5 Å². The molecular weight excluding hydrogens is 380 g/mol. The van der Waals surface area contributed by atoms with Crippen molar-refractivity contribution in [2.45, 2.75) is 38.3 Å². The molecule has 1 aliphatic rings. The number of carbonyl (C=O) groups excluding carboxylic acids is 1. The number of sulfonamides is 1. The van der Waals surface area contributed by atoms with Gasteiger partial charge in [-0.25, -0.2) is 8.42 Å². The molecule has 0 saturated carbocycles. The third-order valence-electron chi connectivity index (χ3n) is 4.47. The van der Waals surface area contributed by atoms with Crippen LogP contribution in [0, 0.1) is 12.8 Å². The van der Waals surface area contributed by atoms with E-state index in [1.54, 1.807) is 38.1 Å². The standard InChI is InChI=1S/C20H24N2O5S/c1-13(2)19(22-28(24,25)16-7-4-14(3)5-8-16)20(23)21-11-15-6-9-17-18(10-15)27-12-26-17/h4-10,13,19,22H,11-12H2,1-3H3,(H,21,23). The van der Waals surface area contributed by atoms with Gasteiger partial charge in [-0.2, -0.15) is 4.72 Å². The summed E-state index contributed by atoms with van der Waals surface area (Å²) in [4.78, 5) is 12.8. The van der Waals surface area contributed by atoms with Crippen LogP contribution in [0.1, 0.15) is 25.0 Å². The fourth-order valence-corrected chi connectivity index (χ4v) is 4.14. The van der Waals surface area contributed by atoms with Gasteiger partial charge in [0.2, 0.25) is 22.7 Å². The molecule has 150 valence electrons. The van der Waals surface area contributed by atoms with Crippen LogP contribution in [0.15, 0.2) is 47.4 Å². The largest absolute Gasteiger partial charge is 0.454 e. The second kappa shape index (κ2) is 8.20. The van der Waals surface area contributed by atoms with Gasteiger partial charge in [-0.1, -0.05) is 37.6 Å². The molecule has 0 bridgehead atoms. The van der Waals surface area contributed by atoms with E-state index < -0.39 is 16.1 Å². The maximum absolute atomic E-state index is 12.7. The van der Waals surface area contributed by atoms with Crippen LogP contribution in [0.3, 0.4) is 0 Å². The van der Waals surface area contributed by atoms with Crippen molar-refractivity contribution >= 4 is 15.9 Å². The summed E-state index contributed by atoms with van der Waals surface area (Å²) in [5.41, 5.74) is 1.79. The van der Waals surface area contributed by atoms with Crippen LogP contribution < -0.4 is 19.5 Å². The molecule has 0 saturated heterocycles. The lowest BCUT2D eigenvalue weighted by Crippen LogP contribution is -2.49. The van der Waals surface area contributed by atoms with Crippen molar-refractivity contribution in [1.29, 1.82) is 0 Å². The van der Waals surface area contributed by atoms with Crippen molar-refractivity contribution < 1.29 is 22.7 Å². The molecule has 8 heteroatoms. The molecule has 1 heterocycles. The molecule has 7 nitrogen and oxygen atoms in total. The molecule has 2 N–H and O–H groups in total. The molecule has 0 spiro atoms. The minimum absolute atomic E-state index is 0.132. The number of amides is 1. The number of fused-ring (bicyclic) bond motifs is 1. The van der Waals surface area contributed by atoms with E-state index in [-0.39, 0.29) is 30.1 Å². The van der Waals surface area contributed by atoms with Gasteiger partial charge >= 0.3 is 0 Å². The maximum Gasteiger partial charge on any atom is 0.241 e. The predicted octanol–water partition coefficient (Wildman–Crippen LogP) is 2.34. The second-order valence-electron chi connectivity index (χ2n) is 7.06. The number of hydrogen-bond acceptors (Lipinski definition) is 5. The molecule has 1 aliphatic heterocycles. The summed E-state index contributed by atoms with van der Waals surface area (Å²) in [6.45, 7) is 5.90. The smallest absolute Gasteiger partial charge is 0.241 e. The van der Waals surface area contributed by atoms with Gasteiger partial charge in [0, 0.05) is 6.54 Å². The molecule has 28 heavy (non-hydrogen) atoms. The quantitative estimate of drug-likeness (QED) is 0.739. The first kappa shape index (κ1) is 20.2. The van der Waals surface area contributed by atoms with Crippen molar-refractivity contribution in [1.82, 2.24) is 10.0 Å². The van der Waals surface area contributed by atoms with E-state index in [9.17, 15) is 13.2 Å². The van der Waals surface area contributed by atoms with Crippen LogP contribution in [-0.2, 0) is 21.4 Å². The Bertz CT molecular complexity index is 955. The van der Waals surface area contributed by atoms with E-state index in [1.807, 2.05) is 13.0 Å². The first-order valence-corrected chi connectivity index (χ1v) is 10.5. The number of aryl methyl sites for hydroxylation is 1. The van der Waals surface area contributed by atoms with E-state index in [2.05, 4.69) is 10.0 Å². The van der Waals surface area contributed by atoms with Crippen LogP contribution >= 0.6 is 0 Å². The third kappa shape index (κ3) is 4.63. The first-order valence-electron chi connectivity index (χ1n) is 9.01. The van der Waals surface area contributed by atoms with Crippen molar-refractivity contribution in [3.8, 4) is 11.5 Å². The van der Waals surface area contributed by atoms with Crippen molar-refractivity contribution in [3.63, 3.8) is 0 Å². The van der Waals surface area contributed by atoms with Crippen LogP contribution in [0.4, 0.5) is 0 Å². The summed E-state index contributed by atoms with van der Waals surface area (Å²) in [6, 6.07) is 11.0. The molecule has 1 unspecified atom stereocenters. The molecule has 1 atom stereocenters. The van der Waals surface area contributed by atoms with Crippen LogP contribution in [0.25, 0.3) is 0 Å². The van der Waals surface area contributed by atoms with E-state index in [0.717, 1.165) is 11.1 Å². The van der Waals surface area contributed by atoms with Crippen molar-refractivity contribution in [2.24, 2.45) is 5.92 Å². The topological polar surface area (TPSA) is 93.7 Å². The molecule has 2 aromatic rings. The average molecular weight is 404 g/mol. The predicted molar refractivity (Wildman–Crippen MR) is 105 cm³/mol. The average Bonchev–Trinajstić information content (AvgIpc) is 3.12. The number of nitrogens with one attached hydrogen (secondary N) is 2. The minimum Gasteiger partial charge on any atom is -0.454 e. The lowest BCUT2D eigenvalue weighted by Gasteiger charge is -2.21.